The summed E-state index contributed by atoms with van der Waals surface area (Å²) in [6, 6.07) is 8.02. The number of carboxylic acids is 1. The Morgan fingerprint density at radius 3 is 2.35 bits per heavy atom. The first kappa shape index (κ1) is 14.6. The van der Waals surface area contributed by atoms with Gasteiger partial charge >= 0.3 is 5.97 Å². The Bertz CT molecular complexity index is 509. The van der Waals surface area contributed by atoms with E-state index in [-0.39, 0.29) is 5.91 Å². The highest BCUT2D eigenvalue weighted by atomic mass is 16.4. The predicted molar refractivity (Wildman–Crippen MR) is 76.5 cm³/mol. The van der Waals surface area contributed by atoms with Gasteiger partial charge in [-0.3, -0.25) is 9.59 Å². The van der Waals surface area contributed by atoms with Gasteiger partial charge in [0, 0.05) is 13.1 Å². The Kier molecular flexibility index (Phi) is 4.12. The summed E-state index contributed by atoms with van der Waals surface area (Å²) in [5.74, 6) is -0.806. The molecule has 0 spiro atoms. The molecule has 1 fully saturated rings. The van der Waals surface area contributed by atoms with Crippen molar-refractivity contribution in [1.29, 1.82) is 0 Å². The van der Waals surface area contributed by atoms with Crippen molar-refractivity contribution in [2.24, 2.45) is 5.41 Å². The number of carboxylic acid groups (broad SMARTS) is 1. The molecule has 1 aliphatic heterocycles. The monoisotopic (exact) mass is 275 g/mol. The average Bonchev–Trinajstić information content (AvgIpc) is 2.84. The van der Waals surface area contributed by atoms with E-state index >= 15 is 0 Å². The summed E-state index contributed by atoms with van der Waals surface area (Å²) < 4.78 is 0. The van der Waals surface area contributed by atoms with E-state index in [4.69, 9.17) is 0 Å². The molecule has 1 aliphatic rings. The molecule has 1 saturated heterocycles. The van der Waals surface area contributed by atoms with Crippen molar-refractivity contribution in [2.75, 3.05) is 13.1 Å². The third kappa shape index (κ3) is 3.00. The zero-order chi connectivity index (χ0) is 14.8. The molecule has 0 aromatic heterocycles. The summed E-state index contributed by atoms with van der Waals surface area (Å²) in [4.78, 5) is 25.1. The van der Waals surface area contributed by atoms with E-state index in [0.29, 0.717) is 25.9 Å². The lowest BCUT2D eigenvalue weighted by Crippen LogP contribution is -2.35. The quantitative estimate of drug-likeness (QED) is 0.915. The Morgan fingerprint density at radius 2 is 1.85 bits per heavy atom. The summed E-state index contributed by atoms with van der Waals surface area (Å²) >= 11 is 0. The normalized spacial score (nSPS) is 22.0. The maximum absolute atomic E-state index is 12.2. The molecule has 4 heteroatoms. The van der Waals surface area contributed by atoms with Crippen molar-refractivity contribution in [2.45, 2.75) is 33.1 Å². The highest BCUT2D eigenvalue weighted by Crippen LogP contribution is 2.30. The van der Waals surface area contributed by atoms with Crippen molar-refractivity contribution in [3.63, 3.8) is 0 Å². The van der Waals surface area contributed by atoms with Crippen molar-refractivity contribution in [3.8, 4) is 0 Å². The second-order valence-electron chi connectivity index (χ2n) is 5.78. The Balaban J connectivity index is 1.97. The number of benzene rings is 1. The van der Waals surface area contributed by atoms with Crippen LogP contribution in [0, 0.1) is 5.41 Å². The number of carbonyl (C=O) groups is 2. The van der Waals surface area contributed by atoms with Crippen molar-refractivity contribution in [3.05, 3.63) is 35.4 Å². The molecule has 1 atom stereocenters. The first-order valence-electron chi connectivity index (χ1n) is 7.03. The highest BCUT2D eigenvalue weighted by molar-refractivity contribution is 5.82. The molecule has 1 aromatic carbocycles. The molecule has 0 bridgehead atoms. The molecule has 20 heavy (non-hydrogen) atoms. The molecule has 1 heterocycles. The minimum Gasteiger partial charge on any atom is -0.481 e. The zero-order valence-corrected chi connectivity index (χ0v) is 12.1. The fourth-order valence-corrected chi connectivity index (χ4v) is 2.53. The van der Waals surface area contributed by atoms with E-state index in [2.05, 4.69) is 6.92 Å². The van der Waals surface area contributed by atoms with Crippen LogP contribution in [-0.2, 0) is 22.4 Å². The Labute approximate surface area is 119 Å². The van der Waals surface area contributed by atoms with Gasteiger partial charge in [-0.1, -0.05) is 31.2 Å². The number of aliphatic carboxylic acids is 1. The number of nitrogens with zero attached hydrogens (tertiary/aromatic N) is 1. The molecule has 0 radical (unpaired) electrons. The summed E-state index contributed by atoms with van der Waals surface area (Å²) in [7, 11) is 0. The van der Waals surface area contributed by atoms with Crippen LogP contribution in [-0.4, -0.2) is 35.0 Å². The van der Waals surface area contributed by atoms with Gasteiger partial charge in [-0.2, -0.15) is 0 Å². The van der Waals surface area contributed by atoms with E-state index in [1.165, 1.54) is 5.56 Å². The van der Waals surface area contributed by atoms with Crippen molar-refractivity contribution < 1.29 is 14.7 Å². The molecule has 0 aliphatic carbocycles. The lowest BCUT2D eigenvalue weighted by atomic mass is 9.90. The average molecular weight is 275 g/mol. The van der Waals surface area contributed by atoms with Crippen LogP contribution in [0.1, 0.15) is 31.4 Å². The van der Waals surface area contributed by atoms with E-state index in [1.54, 1.807) is 11.8 Å². The number of carbonyl (C=O) groups excluding carboxylic acids is 1. The molecule has 0 unspecified atom stereocenters. The third-order valence-electron chi connectivity index (χ3n) is 4.13. The number of amides is 1. The van der Waals surface area contributed by atoms with Gasteiger partial charge in [0.15, 0.2) is 0 Å². The largest absolute Gasteiger partial charge is 0.481 e. The molecule has 1 N–H and O–H groups in total. The van der Waals surface area contributed by atoms with Gasteiger partial charge in [-0.15, -0.1) is 0 Å². The van der Waals surface area contributed by atoms with E-state index in [1.807, 2.05) is 24.3 Å². The van der Waals surface area contributed by atoms with Crippen LogP contribution in [0.15, 0.2) is 24.3 Å². The number of hydrogen-bond acceptors (Lipinski definition) is 2. The molecule has 1 aromatic rings. The molecule has 108 valence electrons. The first-order chi connectivity index (χ1) is 9.44. The Hall–Kier alpha value is -1.84. The maximum atomic E-state index is 12.2. The van der Waals surface area contributed by atoms with Gasteiger partial charge in [0.2, 0.25) is 5.91 Å². The summed E-state index contributed by atoms with van der Waals surface area (Å²) in [6.07, 6.45) is 1.86. The molecular weight excluding hydrogens is 254 g/mol. The highest BCUT2D eigenvalue weighted by Gasteiger charge is 2.41. The van der Waals surface area contributed by atoms with Crippen LogP contribution in [0.3, 0.4) is 0 Å². The predicted octanol–water partition coefficient (Wildman–Crippen LogP) is 2.11. The SMILES string of the molecule is CCc1ccc(CC(=O)N2CC[C@](C)(C(=O)O)C2)cc1. The number of likely N-dealkylation sites (tertiary alicyclic amines) is 1. The summed E-state index contributed by atoms with van der Waals surface area (Å²) in [6.45, 7) is 4.65. The lowest BCUT2D eigenvalue weighted by Gasteiger charge is -2.20. The van der Waals surface area contributed by atoms with Crippen LogP contribution < -0.4 is 0 Å². The van der Waals surface area contributed by atoms with Crippen LogP contribution in [0.4, 0.5) is 0 Å². The van der Waals surface area contributed by atoms with Gasteiger partial charge in [0.25, 0.3) is 0 Å². The van der Waals surface area contributed by atoms with Gasteiger partial charge in [-0.05, 0) is 30.9 Å². The van der Waals surface area contributed by atoms with Crippen LogP contribution in [0.25, 0.3) is 0 Å². The number of aryl methyl sites for hydroxylation is 1. The minimum atomic E-state index is -0.819. The van der Waals surface area contributed by atoms with Gasteiger partial charge in [-0.25, -0.2) is 0 Å². The summed E-state index contributed by atoms with van der Waals surface area (Å²) in [5.41, 5.74) is 1.44. The van der Waals surface area contributed by atoms with Crippen LogP contribution in [0.2, 0.25) is 0 Å². The second-order valence-corrected chi connectivity index (χ2v) is 5.78. The zero-order valence-electron chi connectivity index (χ0n) is 12.1. The standard InChI is InChI=1S/C16H21NO3/c1-3-12-4-6-13(7-5-12)10-14(18)17-9-8-16(2,11-17)15(19)20/h4-7H,3,8-11H2,1-2H3,(H,19,20)/t16-/m0/s1. The van der Waals surface area contributed by atoms with E-state index in [0.717, 1.165) is 12.0 Å². The lowest BCUT2D eigenvalue weighted by molar-refractivity contribution is -0.147. The van der Waals surface area contributed by atoms with E-state index < -0.39 is 11.4 Å². The fourth-order valence-electron chi connectivity index (χ4n) is 2.53. The maximum Gasteiger partial charge on any atom is 0.311 e. The molecule has 0 saturated carbocycles. The van der Waals surface area contributed by atoms with Crippen LogP contribution >= 0.6 is 0 Å². The molecule has 4 nitrogen and oxygen atoms in total. The summed E-state index contributed by atoms with van der Waals surface area (Å²) in [5, 5.41) is 9.18. The number of rotatable bonds is 4. The Morgan fingerprint density at radius 1 is 1.25 bits per heavy atom. The molecule has 2 rings (SSSR count). The smallest absolute Gasteiger partial charge is 0.311 e. The van der Waals surface area contributed by atoms with Crippen molar-refractivity contribution >= 4 is 11.9 Å². The first-order valence-corrected chi connectivity index (χ1v) is 7.03. The topological polar surface area (TPSA) is 57.6 Å². The molecular formula is C16H21NO3. The minimum absolute atomic E-state index is 0.0132. The second kappa shape index (κ2) is 5.65. The molecule has 1 amide bonds. The van der Waals surface area contributed by atoms with Crippen LogP contribution in [0.5, 0.6) is 0 Å². The third-order valence-corrected chi connectivity index (χ3v) is 4.13. The van der Waals surface area contributed by atoms with E-state index in [9.17, 15) is 14.7 Å². The van der Waals surface area contributed by atoms with Gasteiger partial charge < -0.3 is 10.0 Å². The number of hydrogen-bond donors (Lipinski definition) is 1. The van der Waals surface area contributed by atoms with Gasteiger partial charge in [0.1, 0.15) is 0 Å². The van der Waals surface area contributed by atoms with Gasteiger partial charge in [0.05, 0.1) is 11.8 Å². The fraction of sp³-hybridized carbons (Fsp3) is 0.500. The van der Waals surface area contributed by atoms with Crippen molar-refractivity contribution in [1.82, 2.24) is 4.90 Å².